The number of aromatic nitrogens is 4. The summed E-state index contributed by atoms with van der Waals surface area (Å²) in [5, 5.41) is 5.06. The highest BCUT2D eigenvalue weighted by Crippen LogP contribution is 2.33. The first kappa shape index (κ1) is 14.3. The van der Waals surface area contributed by atoms with Gasteiger partial charge in [0, 0.05) is 36.1 Å². The zero-order valence-electron chi connectivity index (χ0n) is 13.0. The summed E-state index contributed by atoms with van der Waals surface area (Å²) in [5.41, 5.74) is 0.976. The molecule has 3 heterocycles. The molecule has 0 saturated carbocycles. The Morgan fingerprint density at radius 3 is 2.65 bits per heavy atom. The Bertz CT molecular complexity index is 792. The maximum absolute atomic E-state index is 5.43. The topological polar surface area (TPSA) is 67.9 Å². The van der Waals surface area contributed by atoms with Crippen LogP contribution in [0.4, 0.5) is 5.13 Å². The molecule has 3 aromatic rings. The van der Waals surface area contributed by atoms with Gasteiger partial charge >= 0.3 is 0 Å². The lowest BCUT2D eigenvalue weighted by Crippen LogP contribution is -2.45. The van der Waals surface area contributed by atoms with Crippen LogP contribution < -0.4 is 4.90 Å². The fraction of sp³-hybridized carbons (Fsp3) is 0.375. The minimum atomic E-state index is 0.270. The Balaban J connectivity index is 1.43. The van der Waals surface area contributed by atoms with E-state index in [9.17, 15) is 0 Å². The highest BCUT2D eigenvalue weighted by atomic mass is 32.1. The Morgan fingerprint density at radius 2 is 1.96 bits per heavy atom. The fourth-order valence-electron chi connectivity index (χ4n) is 2.49. The zero-order valence-corrected chi connectivity index (χ0v) is 13.8. The third kappa shape index (κ3) is 2.72. The molecule has 0 radical (unpaired) electrons. The maximum atomic E-state index is 5.43. The summed E-state index contributed by atoms with van der Waals surface area (Å²) in [5.74, 6) is 2.90. The summed E-state index contributed by atoms with van der Waals surface area (Å²) >= 11 is 1.46. The highest BCUT2D eigenvalue weighted by molar-refractivity contribution is 7.09. The lowest BCUT2D eigenvalue weighted by Gasteiger charge is -2.36. The third-order valence-corrected chi connectivity index (χ3v) is 4.71. The van der Waals surface area contributed by atoms with E-state index in [0.29, 0.717) is 17.6 Å². The van der Waals surface area contributed by atoms with Crippen molar-refractivity contribution in [3.05, 3.63) is 42.0 Å². The van der Waals surface area contributed by atoms with Gasteiger partial charge in [-0.15, -0.1) is 0 Å². The molecular formula is C16H17N5OS. The van der Waals surface area contributed by atoms with E-state index in [-0.39, 0.29) is 5.92 Å². The molecule has 0 unspecified atom stereocenters. The molecule has 0 aliphatic carbocycles. The van der Waals surface area contributed by atoms with Crippen molar-refractivity contribution in [3.8, 4) is 11.4 Å². The molecule has 2 aromatic heterocycles. The molecule has 1 aliphatic rings. The second kappa shape index (κ2) is 5.73. The van der Waals surface area contributed by atoms with Gasteiger partial charge in [0.05, 0.1) is 5.92 Å². The highest BCUT2D eigenvalue weighted by Gasteiger charge is 2.34. The van der Waals surface area contributed by atoms with E-state index in [1.165, 1.54) is 11.5 Å². The number of hydrogen-bond acceptors (Lipinski definition) is 7. The maximum Gasteiger partial charge on any atom is 0.233 e. The molecule has 1 saturated heterocycles. The largest absolute Gasteiger partial charge is 0.345 e. The van der Waals surface area contributed by atoms with Crippen molar-refractivity contribution in [2.24, 2.45) is 0 Å². The molecular weight excluding hydrogens is 310 g/mol. The van der Waals surface area contributed by atoms with Crippen molar-refractivity contribution in [1.29, 1.82) is 0 Å². The number of benzene rings is 1. The smallest absolute Gasteiger partial charge is 0.233 e. The molecule has 118 valence electrons. The van der Waals surface area contributed by atoms with E-state index in [1.54, 1.807) is 0 Å². The molecule has 0 N–H and O–H groups in total. The van der Waals surface area contributed by atoms with E-state index < -0.39 is 0 Å². The first-order valence-corrected chi connectivity index (χ1v) is 8.45. The molecule has 23 heavy (non-hydrogen) atoms. The van der Waals surface area contributed by atoms with Crippen molar-refractivity contribution in [3.63, 3.8) is 0 Å². The second-order valence-electron chi connectivity index (χ2n) is 6.01. The molecule has 0 spiro atoms. The van der Waals surface area contributed by atoms with Crippen LogP contribution in [0.5, 0.6) is 0 Å². The molecule has 0 bridgehead atoms. The van der Waals surface area contributed by atoms with Crippen LogP contribution in [0.25, 0.3) is 11.4 Å². The lowest BCUT2D eigenvalue weighted by molar-refractivity contribution is 0.329. The van der Waals surface area contributed by atoms with E-state index in [2.05, 4.69) is 38.2 Å². The second-order valence-corrected chi connectivity index (χ2v) is 6.74. The Hall–Kier alpha value is -2.28. The van der Waals surface area contributed by atoms with Crippen molar-refractivity contribution >= 4 is 16.7 Å². The van der Waals surface area contributed by atoms with E-state index >= 15 is 0 Å². The van der Waals surface area contributed by atoms with E-state index in [0.717, 1.165) is 29.6 Å². The molecule has 0 atom stereocenters. The molecule has 7 heteroatoms. The minimum absolute atomic E-state index is 0.270. The molecule has 1 aromatic carbocycles. The molecule has 1 fully saturated rings. The van der Waals surface area contributed by atoms with Crippen LogP contribution in [0.2, 0.25) is 0 Å². The summed E-state index contributed by atoms with van der Waals surface area (Å²) in [7, 11) is 0. The standard InChI is InChI=1S/C16H17N5OS/c1-10(2)13-18-16(23-20-13)21-8-12(9-21)15-17-14(19-22-15)11-6-4-3-5-7-11/h3-7,10,12H,8-9H2,1-2H3. The average Bonchev–Trinajstić information content (AvgIpc) is 3.16. The molecule has 4 rings (SSSR count). The Morgan fingerprint density at radius 1 is 1.17 bits per heavy atom. The van der Waals surface area contributed by atoms with Gasteiger partial charge in [0.25, 0.3) is 0 Å². The van der Waals surface area contributed by atoms with Crippen molar-refractivity contribution < 1.29 is 4.52 Å². The molecule has 0 amide bonds. The molecule has 6 nitrogen and oxygen atoms in total. The van der Waals surface area contributed by atoms with Gasteiger partial charge in [-0.1, -0.05) is 49.3 Å². The van der Waals surface area contributed by atoms with Crippen molar-refractivity contribution in [2.45, 2.75) is 25.7 Å². The third-order valence-electron chi connectivity index (χ3n) is 3.92. The van der Waals surface area contributed by atoms with E-state index in [4.69, 9.17) is 4.52 Å². The van der Waals surface area contributed by atoms with Gasteiger partial charge in [-0.05, 0) is 0 Å². The number of rotatable bonds is 4. The summed E-state index contributed by atoms with van der Waals surface area (Å²) in [4.78, 5) is 11.3. The quantitative estimate of drug-likeness (QED) is 0.732. The average molecular weight is 327 g/mol. The lowest BCUT2D eigenvalue weighted by atomic mass is 10.0. The normalized spacial score (nSPS) is 15.2. The monoisotopic (exact) mass is 327 g/mol. The minimum Gasteiger partial charge on any atom is -0.345 e. The summed E-state index contributed by atoms with van der Waals surface area (Å²) < 4.78 is 9.83. The van der Waals surface area contributed by atoms with Gasteiger partial charge in [0.1, 0.15) is 5.82 Å². The number of anilines is 1. The van der Waals surface area contributed by atoms with Crippen LogP contribution in [0, 0.1) is 0 Å². The van der Waals surface area contributed by atoms with Crippen LogP contribution in [0.3, 0.4) is 0 Å². The molecule has 1 aliphatic heterocycles. The Kier molecular flexibility index (Phi) is 3.57. The number of nitrogens with zero attached hydrogens (tertiary/aromatic N) is 5. The van der Waals surface area contributed by atoms with E-state index in [1.807, 2.05) is 30.3 Å². The number of hydrogen-bond donors (Lipinski definition) is 0. The van der Waals surface area contributed by atoms with Gasteiger partial charge in [0.15, 0.2) is 0 Å². The van der Waals surface area contributed by atoms with Gasteiger partial charge in [-0.25, -0.2) is 4.98 Å². The predicted octanol–water partition coefficient (Wildman–Crippen LogP) is 3.32. The van der Waals surface area contributed by atoms with Crippen molar-refractivity contribution in [2.75, 3.05) is 18.0 Å². The predicted molar refractivity (Wildman–Crippen MR) is 88.7 cm³/mol. The van der Waals surface area contributed by atoms with Crippen LogP contribution in [-0.2, 0) is 0 Å². The summed E-state index contributed by atoms with van der Waals surface area (Å²) in [6.45, 7) is 5.91. The van der Waals surface area contributed by atoms with Crippen LogP contribution in [-0.4, -0.2) is 32.6 Å². The van der Waals surface area contributed by atoms with Gasteiger partial charge in [0.2, 0.25) is 16.8 Å². The first-order chi connectivity index (χ1) is 11.2. The Labute approximate surface area is 138 Å². The van der Waals surface area contributed by atoms with Crippen LogP contribution in [0.15, 0.2) is 34.9 Å². The summed E-state index contributed by atoms with van der Waals surface area (Å²) in [6.07, 6.45) is 0. The van der Waals surface area contributed by atoms with Gasteiger partial charge < -0.3 is 9.42 Å². The fourth-order valence-corrected chi connectivity index (χ4v) is 3.31. The summed E-state index contributed by atoms with van der Waals surface area (Å²) in [6, 6.07) is 9.88. The SMILES string of the molecule is CC(C)c1nsc(N2CC(c3nc(-c4ccccc4)no3)C2)n1. The first-order valence-electron chi connectivity index (χ1n) is 7.68. The van der Waals surface area contributed by atoms with Crippen molar-refractivity contribution in [1.82, 2.24) is 19.5 Å². The van der Waals surface area contributed by atoms with Gasteiger partial charge in [-0.3, -0.25) is 0 Å². The van der Waals surface area contributed by atoms with Crippen LogP contribution >= 0.6 is 11.5 Å². The zero-order chi connectivity index (χ0) is 15.8. The van der Waals surface area contributed by atoms with Gasteiger partial charge in [-0.2, -0.15) is 9.36 Å². The van der Waals surface area contributed by atoms with Crippen LogP contribution in [0.1, 0.15) is 37.4 Å².